The molecule has 0 atom stereocenters. The summed E-state index contributed by atoms with van der Waals surface area (Å²) in [6.45, 7) is 3.18. The van der Waals surface area contributed by atoms with Crippen molar-refractivity contribution in [3.8, 4) is 0 Å². The van der Waals surface area contributed by atoms with Gasteiger partial charge in [0.15, 0.2) is 15.6 Å². The summed E-state index contributed by atoms with van der Waals surface area (Å²) in [6.07, 6.45) is -4.90. The second-order valence-electron chi connectivity index (χ2n) is 6.31. The maximum Gasteiger partial charge on any atom is 0.416 e. The molecule has 0 unspecified atom stereocenters. The minimum atomic E-state index is -4.52. The van der Waals surface area contributed by atoms with Crippen LogP contribution in [-0.4, -0.2) is 19.5 Å². The molecule has 140 valence electrons. The minimum absolute atomic E-state index is 0.0866. The van der Waals surface area contributed by atoms with Crippen molar-refractivity contribution in [1.29, 1.82) is 0 Å². The topological polar surface area (TPSA) is 51.2 Å². The van der Waals surface area contributed by atoms with E-state index < -0.39 is 32.6 Å². The molecule has 2 rings (SSSR count). The van der Waals surface area contributed by atoms with Crippen molar-refractivity contribution >= 4 is 15.6 Å². The fraction of sp³-hybridized carbons (Fsp3) is 0.316. The lowest BCUT2D eigenvalue weighted by atomic mass is 9.98. The summed E-state index contributed by atoms with van der Waals surface area (Å²) in [6, 6.07) is 10.9. The number of alkyl halides is 3. The Morgan fingerprint density at radius 1 is 1.00 bits per heavy atom. The Morgan fingerprint density at radius 3 is 2.12 bits per heavy atom. The Kier molecular flexibility index (Phi) is 5.91. The van der Waals surface area contributed by atoms with Crippen molar-refractivity contribution in [3.05, 3.63) is 70.8 Å². The first-order chi connectivity index (χ1) is 12.0. The van der Waals surface area contributed by atoms with Crippen molar-refractivity contribution in [3.63, 3.8) is 0 Å². The lowest BCUT2D eigenvalue weighted by Gasteiger charge is -2.12. The molecule has 0 saturated carbocycles. The summed E-state index contributed by atoms with van der Waals surface area (Å²) in [5.74, 6) is -0.601. The van der Waals surface area contributed by atoms with E-state index in [1.54, 1.807) is 13.8 Å². The molecule has 7 heteroatoms. The summed E-state index contributed by atoms with van der Waals surface area (Å²) < 4.78 is 62.9. The number of hydrogen-bond donors (Lipinski definition) is 0. The summed E-state index contributed by atoms with van der Waals surface area (Å²) in [4.78, 5) is 12.3. The normalized spacial score (nSPS) is 12.4. The lowest BCUT2D eigenvalue weighted by Crippen LogP contribution is -2.16. The Labute approximate surface area is 150 Å². The zero-order valence-corrected chi connectivity index (χ0v) is 15.2. The Balaban J connectivity index is 2.17. The Hall–Kier alpha value is -2.15. The second-order valence-corrected chi connectivity index (χ2v) is 8.86. The molecule has 0 radical (unpaired) electrons. The number of carbonyl (C=O) groups is 1. The third-order valence-corrected chi connectivity index (χ3v) is 6.21. The van der Waals surface area contributed by atoms with E-state index in [4.69, 9.17) is 0 Å². The SMILES string of the molecule is CC(C)S(=O)(=O)Cc1ccc(C(=O)Cc2ccccc2C(F)(F)F)cc1. The van der Waals surface area contributed by atoms with Crippen LogP contribution in [0.4, 0.5) is 13.2 Å². The van der Waals surface area contributed by atoms with Crippen LogP contribution in [0.15, 0.2) is 48.5 Å². The van der Waals surface area contributed by atoms with Gasteiger partial charge in [0, 0.05) is 12.0 Å². The number of halogens is 3. The molecule has 0 spiro atoms. The number of carbonyl (C=O) groups excluding carboxylic acids is 1. The fourth-order valence-electron chi connectivity index (χ4n) is 2.41. The summed E-state index contributed by atoms with van der Waals surface area (Å²) >= 11 is 0. The number of rotatable bonds is 6. The van der Waals surface area contributed by atoms with Gasteiger partial charge in [0.1, 0.15) is 0 Å². The van der Waals surface area contributed by atoms with E-state index in [9.17, 15) is 26.4 Å². The van der Waals surface area contributed by atoms with Crippen LogP contribution in [0.1, 0.15) is 40.9 Å². The van der Waals surface area contributed by atoms with E-state index in [1.165, 1.54) is 42.5 Å². The van der Waals surface area contributed by atoms with Gasteiger partial charge in [0.05, 0.1) is 16.6 Å². The second kappa shape index (κ2) is 7.61. The van der Waals surface area contributed by atoms with E-state index in [0.29, 0.717) is 5.56 Å². The van der Waals surface area contributed by atoms with Gasteiger partial charge in [-0.2, -0.15) is 13.2 Å². The summed E-state index contributed by atoms with van der Waals surface area (Å²) in [5, 5.41) is -0.511. The quantitative estimate of drug-likeness (QED) is 0.691. The maximum atomic E-state index is 13.0. The van der Waals surface area contributed by atoms with E-state index in [2.05, 4.69) is 0 Å². The van der Waals surface area contributed by atoms with Crippen molar-refractivity contribution in [2.24, 2.45) is 0 Å². The largest absolute Gasteiger partial charge is 0.416 e. The molecule has 0 aliphatic rings. The highest BCUT2D eigenvalue weighted by molar-refractivity contribution is 7.91. The first-order valence-corrected chi connectivity index (χ1v) is 9.71. The molecule has 0 fully saturated rings. The lowest BCUT2D eigenvalue weighted by molar-refractivity contribution is -0.138. The molecule has 0 heterocycles. The zero-order chi connectivity index (χ0) is 19.5. The highest BCUT2D eigenvalue weighted by atomic mass is 32.2. The standard InChI is InChI=1S/C19H19F3O3S/c1-13(2)26(24,25)12-14-7-9-15(10-8-14)18(23)11-16-5-3-4-6-17(16)19(20,21)22/h3-10,13H,11-12H2,1-2H3. The van der Waals surface area contributed by atoms with Crippen molar-refractivity contribution in [1.82, 2.24) is 0 Å². The van der Waals surface area contributed by atoms with Gasteiger partial charge >= 0.3 is 6.18 Å². The van der Waals surface area contributed by atoms with Crippen molar-refractivity contribution in [2.45, 2.75) is 37.4 Å². The molecule has 26 heavy (non-hydrogen) atoms. The van der Waals surface area contributed by atoms with E-state index in [0.717, 1.165) is 6.07 Å². The molecular weight excluding hydrogens is 365 g/mol. The van der Waals surface area contributed by atoms with E-state index >= 15 is 0 Å². The molecule has 0 saturated heterocycles. The summed E-state index contributed by atoms with van der Waals surface area (Å²) in [5.41, 5.74) is -0.136. The van der Waals surface area contributed by atoms with Gasteiger partial charge in [-0.05, 0) is 31.0 Å². The molecule has 0 amide bonds. The molecule has 3 nitrogen and oxygen atoms in total. The van der Waals surface area contributed by atoms with Crippen LogP contribution in [0.2, 0.25) is 0 Å². The molecule has 0 aliphatic heterocycles. The van der Waals surface area contributed by atoms with Gasteiger partial charge < -0.3 is 0 Å². The maximum absolute atomic E-state index is 13.0. The van der Waals surface area contributed by atoms with E-state index in [1.807, 2.05) is 0 Å². The minimum Gasteiger partial charge on any atom is -0.294 e. The first-order valence-electron chi connectivity index (χ1n) is 7.99. The molecule has 0 aromatic heterocycles. The molecule has 0 aliphatic carbocycles. The highest BCUT2D eigenvalue weighted by Crippen LogP contribution is 2.32. The van der Waals surface area contributed by atoms with E-state index in [-0.39, 0.29) is 23.3 Å². The van der Waals surface area contributed by atoms with Crippen LogP contribution in [-0.2, 0) is 28.2 Å². The van der Waals surface area contributed by atoms with Gasteiger partial charge in [0.2, 0.25) is 0 Å². The van der Waals surface area contributed by atoms with Crippen LogP contribution in [0.5, 0.6) is 0 Å². The molecular formula is C19H19F3O3S. The predicted octanol–water partition coefficient (Wildman–Crippen LogP) is 4.45. The number of hydrogen-bond acceptors (Lipinski definition) is 3. The van der Waals surface area contributed by atoms with Crippen LogP contribution in [0.3, 0.4) is 0 Å². The number of ketones is 1. The smallest absolute Gasteiger partial charge is 0.294 e. The van der Waals surface area contributed by atoms with Crippen LogP contribution in [0, 0.1) is 0 Å². The fourth-order valence-corrected chi connectivity index (χ4v) is 3.40. The van der Waals surface area contributed by atoms with Gasteiger partial charge in [-0.3, -0.25) is 4.79 Å². The van der Waals surface area contributed by atoms with Crippen LogP contribution < -0.4 is 0 Å². The predicted molar refractivity (Wildman–Crippen MR) is 93.7 cm³/mol. The third-order valence-electron chi connectivity index (χ3n) is 4.04. The van der Waals surface area contributed by atoms with Gasteiger partial charge in [-0.15, -0.1) is 0 Å². The zero-order valence-electron chi connectivity index (χ0n) is 14.4. The summed E-state index contributed by atoms with van der Waals surface area (Å²) in [7, 11) is -3.26. The Morgan fingerprint density at radius 2 is 1.58 bits per heavy atom. The average molecular weight is 384 g/mol. The van der Waals surface area contributed by atoms with Crippen molar-refractivity contribution < 1.29 is 26.4 Å². The van der Waals surface area contributed by atoms with Gasteiger partial charge in [-0.25, -0.2) is 8.42 Å². The monoisotopic (exact) mass is 384 g/mol. The van der Waals surface area contributed by atoms with Gasteiger partial charge in [-0.1, -0.05) is 42.5 Å². The van der Waals surface area contributed by atoms with Crippen LogP contribution in [0.25, 0.3) is 0 Å². The number of benzene rings is 2. The molecule has 2 aromatic rings. The molecule has 0 bridgehead atoms. The van der Waals surface area contributed by atoms with Gasteiger partial charge in [0.25, 0.3) is 0 Å². The number of sulfone groups is 1. The average Bonchev–Trinajstić information content (AvgIpc) is 2.54. The Bertz CT molecular complexity index is 883. The third kappa shape index (κ3) is 4.94. The van der Waals surface area contributed by atoms with Crippen molar-refractivity contribution in [2.75, 3.05) is 0 Å². The molecule has 0 N–H and O–H groups in total. The number of Topliss-reactive ketones (excluding diaryl/α,β-unsaturated/α-hetero) is 1. The highest BCUT2D eigenvalue weighted by Gasteiger charge is 2.33. The van der Waals surface area contributed by atoms with Crippen LogP contribution >= 0.6 is 0 Å². The first kappa shape index (κ1) is 20.2. The molecule has 2 aromatic carbocycles.